The summed E-state index contributed by atoms with van der Waals surface area (Å²) in [6.07, 6.45) is 2.92. The predicted octanol–water partition coefficient (Wildman–Crippen LogP) is 3.90. The molecule has 1 amide bonds. The molecule has 0 fully saturated rings. The number of benzene rings is 1. The molecule has 0 aliphatic carbocycles. The lowest BCUT2D eigenvalue weighted by molar-refractivity contribution is 0.227. The second-order valence-corrected chi connectivity index (χ2v) is 4.92. The zero-order chi connectivity index (χ0) is 11.5. The van der Waals surface area contributed by atoms with Crippen LogP contribution in [0.2, 0.25) is 0 Å². The van der Waals surface area contributed by atoms with E-state index in [4.69, 9.17) is 11.6 Å². The highest BCUT2D eigenvalue weighted by Gasteiger charge is 2.15. The molecule has 1 aromatic carbocycles. The van der Waals surface area contributed by atoms with Crippen LogP contribution in [0, 0.1) is 0 Å². The molecule has 1 aliphatic heterocycles. The van der Waals surface area contributed by atoms with Crippen LogP contribution in [0.1, 0.15) is 12.0 Å². The van der Waals surface area contributed by atoms with Crippen molar-refractivity contribution in [3.8, 4) is 0 Å². The third kappa shape index (κ3) is 2.66. The van der Waals surface area contributed by atoms with Crippen LogP contribution in [0.3, 0.4) is 0 Å². The van der Waals surface area contributed by atoms with Crippen molar-refractivity contribution in [3.05, 3.63) is 40.4 Å². The van der Waals surface area contributed by atoms with E-state index < -0.39 is 0 Å². The smallest absolute Gasteiger partial charge is 0.316 e. The van der Waals surface area contributed by atoms with E-state index in [1.807, 2.05) is 12.1 Å². The molecule has 16 heavy (non-hydrogen) atoms. The molecule has 0 bridgehead atoms. The summed E-state index contributed by atoms with van der Waals surface area (Å²) in [5, 5.41) is -0.369. The van der Waals surface area contributed by atoms with Gasteiger partial charge in [-0.05, 0) is 41.3 Å². The van der Waals surface area contributed by atoms with Gasteiger partial charge in [-0.3, -0.25) is 4.79 Å². The number of carbonyl (C=O) groups excluding carboxylic acids is 1. The Hall–Kier alpha value is -0.800. The minimum atomic E-state index is -0.369. The molecule has 0 N–H and O–H groups in total. The lowest BCUT2D eigenvalue weighted by atomic mass is 10.00. The number of nitrogens with zero attached hydrogens (tertiary/aromatic N) is 1. The van der Waals surface area contributed by atoms with Gasteiger partial charge in [-0.2, -0.15) is 0 Å². The van der Waals surface area contributed by atoms with Crippen LogP contribution in [-0.2, 0) is 0 Å². The summed E-state index contributed by atoms with van der Waals surface area (Å²) >= 11 is 8.83. The van der Waals surface area contributed by atoms with Crippen LogP contribution in [0.25, 0.3) is 5.57 Å². The number of halogens is 2. The van der Waals surface area contributed by atoms with Crippen molar-refractivity contribution >= 4 is 38.5 Å². The fraction of sp³-hybridized carbons (Fsp3) is 0.250. The van der Waals surface area contributed by atoms with Crippen molar-refractivity contribution in [2.45, 2.75) is 6.42 Å². The fourth-order valence-electron chi connectivity index (χ4n) is 1.75. The quantitative estimate of drug-likeness (QED) is 0.569. The van der Waals surface area contributed by atoms with Crippen molar-refractivity contribution < 1.29 is 4.79 Å². The van der Waals surface area contributed by atoms with Crippen LogP contribution < -0.4 is 0 Å². The van der Waals surface area contributed by atoms with Crippen LogP contribution >= 0.6 is 27.5 Å². The summed E-state index contributed by atoms with van der Waals surface area (Å²) in [5.74, 6) is 0. The SMILES string of the molecule is O=C(Cl)N1CC=C(c2ccc(Br)cc2)CC1. The van der Waals surface area contributed by atoms with E-state index in [-0.39, 0.29) is 5.37 Å². The highest BCUT2D eigenvalue weighted by molar-refractivity contribution is 9.10. The Morgan fingerprint density at radius 1 is 1.31 bits per heavy atom. The maximum absolute atomic E-state index is 10.9. The van der Waals surface area contributed by atoms with E-state index in [2.05, 4.69) is 34.1 Å². The topological polar surface area (TPSA) is 20.3 Å². The number of hydrogen-bond donors (Lipinski definition) is 0. The zero-order valence-corrected chi connectivity index (χ0v) is 11.0. The molecule has 2 nitrogen and oxygen atoms in total. The Morgan fingerprint density at radius 2 is 2.00 bits per heavy atom. The third-order valence-electron chi connectivity index (χ3n) is 2.67. The van der Waals surface area contributed by atoms with Gasteiger partial charge in [0, 0.05) is 17.6 Å². The lowest BCUT2D eigenvalue weighted by Gasteiger charge is -2.24. The van der Waals surface area contributed by atoms with Crippen molar-refractivity contribution in [3.63, 3.8) is 0 Å². The second kappa shape index (κ2) is 5.02. The van der Waals surface area contributed by atoms with Gasteiger partial charge in [-0.25, -0.2) is 0 Å². The van der Waals surface area contributed by atoms with Crippen LogP contribution in [0.15, 0.2) is 34.8 Å². The molecule has 2 rings (SSSR count). The zero-order valence-electron chi connectivity index (χ0n) is 8.62. The molecule has 1 heterocycles. The van der Waals surface area contributed by atoms with Gasteiger partial charge in [0.25, 0.3) is 0 Å². The molecule has 1 aliphatic rings. The van der Waals surface area contributed by atoms with E-state index in [1.54, 1.807) is 4.90 Å². The minimum absolute atomic E-state index is 0.369. The average molecular weight is 301 g/mol. The molecule has 1 aromatic rings. The molecule has 0 aromatic heterocycles. The number of hydrogen-bond acceptors (Lipinski definition) is 1. The first-order valence-corrected chi connectivity index (χ1v) is 6.23. The van der Waals surface area contributed by atoms with Crippen LogP contribution in [-0.4, -0.2) is 23.4 Å². The normalized spacial score (nSPS) is 15.9. The van der Waals surface area contributed by atoms with E-state index in [9.17, 15) is 4.79 Å². The third-order valence-corrected chi connectivity index (χ3v) is 3.44. The summed E-state index contributed by atoms with van der Waals surface area (Å²) in [6.45, 7) is 1.30. The van der Waals surface area contributed by atoms with E-state index >= 15 is 0 Å². The van der Waals surface area contributed by atoms with Gasteiger partial charge in [0.1, 0.15) is 0 Å². The molecule has 0 saturated heterocycles. The highest BCUT2D eigenvalue weighted by Crippen LogP contribution is 2.24. The van der Waals surface area contributed by atoms with Crippen molar-refractivity contribution in [2.24, 2.45) is 0 Å². The molecule has 0 saturated carbocycles. The molecular formula is C12H11BrClNO. The minimum Gasteiger partial charge on any atom is -0.325 e. The molecule has 0 unspecified atom stereocenters. The molecular weight excluding hydrogens is 289 g/mol. The van der Waals surface area contributed by atoms with Crippen LogP contribution in [0.5, 0.6) is 0 Å². The van der Waals surface area contributed by atoms with E-state index in [1.165, 1.54) is 11.1 Å². The van der Waals surface area contributed by atoms with Gasteiger partial charge in [0.05, 0.1) is 0 Å². The van der Waals surface area contributed by atoms with Crippen molar-refractivity contribution in [2.75, 3.05) is 13.1 Å². The maximum Gasteiger partial charge on any atom is 0.316 e. The van der Waals surface area contributed by atoms with Gasteiger partial charge in [0.2, 0.25) is 0 Å². The molecule has 0 radical (unpaired) electrons. The fourth-order valence-corrected chi connectivity index (χ4v) is 2.17. The lowest BCUT2D eigenvalue weighted by Crippen LogP contribution is -2.30. The molecule has 84 valence electrons. The van der Waals surface area contributed by atoms with Gasteiger partial charge < -0.3 is 4.90 Å². The Bertz CT molecular complexity index is 427. The summed E-state index contributed by atoms with van der Waals surface area (Å²) in [5.41, 5.74) is 2.49. The standard InChI is InChI=1S/C12H11BrClNO/c13-11-3-1-9(2-4-11)10-5-7-15(8-6-10)12(14)16/h1-5H,6-8H2. The first kappa shape index (κ1) is 11.7. The Kier molecular flexibility index (Phi) is 3.66. The Balaban J connectivity index is 2.13. The Morgan fingerprint density at radius 3 is 2.50 bits per heavy atom. The van der Waals surface area contributed by atoms with Crippen molar-refractivity contribution in [1.82, 2.24) is 4.90 Å². The van der Waals surface area contributed by atoms with E-state index in [0.717, 1.165) is 10.9 Å². The summed E-state index contributed by atoms with van der Waals surface area (Å²) in [6, 6.07) is 8.20. The predicted molar refractivity (Wildman–Crippen MR) is 69.6 cm³/mol. The first-order valence-electron chi connectivity index (χ1n) is 5.06. The first-order chi connectivity index (χ1) is 7.66. The highest BCUT2D eigenvalue weighted by atomic mass is 79.9. The average Bonchev–Trinajstić information content (AvgIpc) is 2.30. The van der Waals surface area contributed by atoms with Crippen molar-refractivity contribution in [1.29, 1.82) is 0 Å². The summed E-state index contributed by atoms with van der Waals surface area (Å²) < 4.78 is 1.07. The number of rotatable bonds is 1. The molecule has 0 atom stereocenters. The van der Waals surface area contributed by atoms with Crippen LogP contribution in [0.4, 0.5) is 4.79 Å². The van der Waals surface area contributed by atoms with Gasteiger partial charge in [-0.1, -0.05) is 34.1 Å². The maximum atomic E-state index is 10.9. The molecule has 4 heteroatoms. The van der Waals surface area contributed by atoms with E-state index in [0.29, 0.717) is 13.1 Å². The Labute approximate surface area is 108 Å². The molecule has 0 spiro atoms. The second-order valence-electron chi connectivity index (χ2n) is 3.69. The summed E-state index contributed by atoms with van der Waals surface area (Å²) in [7, 11) is 0. The van der Waals surface area contributed by atoms with Gasteiger partial charge >= 0.3 is 5.37 Å². The number of carbonyl (C=O) groups is 1. The summed E-state index contributed by atoms with van der Waals surface area (Å²) in [4.78, 5) is 12.6. The monoisotopic (exact) mass is 299 g/mol. The largest absolute Gasteiger partial charge is 0.325 e. The van der Waals surface area contributed by atoms with Gasteiger partial charge in [-0.15, -0.1) is 0 Å². The van der Waals surface area contributed by atoms with Gasteiger partial charge in [0.15, 0.2) is 0 Å². The number of amides is 1.